The Balaban J connectivity index is 4.20. The number of rotatable bonds is 11. The first-order valence-corrected chi connectivity index (χ1v) is 8.04. The highest BCUT2D eigenvalue weighted by molar-refractivity contribution is 6.20. The molecule has 3 unspecified atom stereocenters. The van der Waals surface area contributed by atoms with Crippen LogP contribution >= 0.6 is 11.6 Å². The summed E-state index contributed by atoms with van der Waals surface area (Å²) in [6.45, 7) is 10.5. The molecule has 0 aromatic rings. The van der Waals surface area contributed by atoms with Gasteiger partial charge in [0.2, 0.25) is 0 Å². The molecule has 0 spiro atoms. The van der Waals surface area contributed by atoms with Crippen LogP contribution in [0.25, 0.3) is 0 Å². The number of hydrogen-bond donors (Lipinski definition) is 1. The van der Waals surface area contributed by atoms with E-state index >= 15 is 0 Å². The third-order valence-electron chi connectivity index (χ3n) is 3.59. The van der Waals surface area contributed by atoms with E-state index in [2.05, 4.69) is 25.7 Å². The van der Waals surface area contributed by atoms with E-state index < -0.39 is 0 Å². The molecule has 3 atom stereocenters. The van der Waals surface area contributed by atoms with Gasteiger partial charge in [0, 0.05) is 11.4 Å². The van der Waals surface area contributed by atoms with Gasteiger partial charge in [-0.1, -0.05) is 40.0 Å². The zero-order valence-electron chi connectivity index (χ0n) is 12.7. The van der Waals surface area contributed by atoms with Crippen molar-refractivity contribution >= 4 is 11.6 Å². The Morgan fingerprint density at radius 3 is 2.11 bits per heavy atom. The number of aliphatic hydroxyl groups is 1. The number of alkyl halides is 1. The first-order valence-electron chi connectivity index (χ1n) is 7.61. The third kappa shape index (κ3) is 8.34. The molecule has 0 heterocycles. The van der Waals surface area contributed by atoms with Crippen molar-refractivity contribution in [3.63, 3.8) is 0 Å². The third-order valence-corrected chi connectivity index (χ3v) is 3.99. The maximum absolute atomic E-state index is 9.62. The molecule has 0 aliphatic carbocycles. The fourth-order valence-corrected chi connectivity index (χ4v) is 2.92. The summed E-state index contributed by atoms with van der Waals surface area (Å²) in [6.07, 6.45) is 6.44. The maximum atomic E-state index is 9.62. The van der Waals surface area contributed by atoms with Crippen LogP contribution in [0.5, 0.6) is 0 Å². The fraction of sp³-hybridized carbons (Fsp3) is 1.00. The summed E-state index contributed by atoms with van der Waals surface area (Å²) in [6, 6.07) is 0.420. The van der Waals surface area contributed by atoms with Crippen molar-refractivity contribution in [2.24, 2.45) is 0 Å². The number of halogens is 1. The molecule has 0 rings (SSSR count). The van der Waals surface area contributed by atoms with Crippen molar-refractivity contribution in [1.29, 1.82) is 0 Å². The van der Waals surface area contributed by atoms with Crippen LogP contribution in [-0.4, -0.2) is 40.6 Å². The van der Waals surface area contributed by atoms with Crippen LogP contribution in [0.1, 0.15) is 66.2 Å². The molecule has 110 valence electrons. The predicted octanol–water partition coefficient (Wildman–Crippen LogP) is 4.05. The quantitative estimate of drug-likeness (QED) is 0.455. The van der Waals surface area contributed by atoms with Gasteiger partial charge in [-0.3, -0.25) is 0 Å². The minimum Gasteiger partial charge on any atom is -0.393 e. The lowest BCUT2D eigenvalue weighted by Gasteiger charge is -2.32. The van der Waals surface area contributed by atoms with E-state index in [1.165, 1.54) is 19.3 Å². The summed E-state index contributed by atoms with van der Waals surface area (Å²) >= 11 is 6.44. The molecule has 18 heavy (non-hydrogen) atoms. The Kier molecular flexibility index (Phi) is 11.2. The number of aliphatic hydroxyl groups excluding tert-OH is 1. The van der Waals surface area contributed by atoms with Gasteiger partial charge in [0.25, 0.3) is 0 Å². The van der Waals surface area contributed by atoms with Crippen LogP contribution in [-0.2, 0) is 0 Å². The van der Waals surface area contributed by atoms with E-state index in [-0.39, 0.29) is 11.5 Å². The number of nitrogens with zero attached hydrogens (tertiary/aromatic N) is 1. The van der Waals surface area contributed by atoms with Gasteiger partial charge in [-0.15, -0.1) is 11.6 Å². The molecule has 2 nitrogen and oxygen atoms in total. The van der Waals surface area contributed by atoms with Gasteiger partial charge in [-0.25, -0.2) is 0 Å². The van der Waals surface area contributed by atoms with Gasteiger partial charge in [0.05, 0.1) is 6.10 Å². The van der Waals surface area contributed by atoms with Gasteiger partial charge in [0.15, 0.2) is 0 Å². The molecule has 0 saturated carbocycles. The zero-order chi connectivity index (χ0) is 14.0. The summed E-state index contributed by atoms with van der Waals surface area (Å²) in [4.78, 5) is 2.42. The van der Waals surface area contributed by atoms with Gasteiger partial charge in [0.1, 0.15) is 0 Å². The standard InChI is InChI=1S/C15H32ClNO/c1-5-8-9-10-14(16)12-15(11-13(4)18)17(6-2)7-3/h13-15,18H,5-12H2,1-4H3. The monoisotopic (exact) mass is 277 g/mol. The molecule has 0 bridgehead atoms. The molecule has 0 aromatic carbocycles. The van der Waals surface area contributed by atoms with E-state index in [9.17, 15) is 5.11 Å². The average Bonchev–Trinajstić information content (AvgIpc) is 2.30. The second kappa shape index (κ2) is 11.1. The highest BCUT2D eigenvalue weighted by atomic mass is 35.5. The van der Waals surface area contributed by atoms with E-state index in [0.717, 1.165) is 32.4 Å². The van der Waals surface area contributed by atoms with Crippen molar-refractivity contribution in [1.82, 2.24) is 4.90 Å². The van der Waals surface area contributed by atoms with Crippen molar-refractivity contribution in [3.8, 4) is 0 Å². The molecule has 0 aliphatic rings. The lowest BCUT2D eigenvalue weighted by Crippen LogP contribution is -2.38. The minimum absolute atomic E-state index is 0.241. The summed E-state index contributed by atoms with van der Waals surface area (Å²) in [5.41, 5.74) is 0. The molecule has 0 saturated heterocycles. The van der Waals surface area contributed by atoms with Gasteiger partial charge in [-0.2, -0.15) is 0 Å². The SMILES string of the molecule is CCCCCC(Cl)CC(CC(C)O)N(CC)CC. The molecule has 0 aliphatic heterocycles. The second-order valence-corrected chi connectivity index (χ2v) is 5.91. The predicted molar refractivity (Wildman–Crippen MR) is 81.4 cm³/mol. The smallest absolute Gasteiger partial charge is 0.0527 e. The molecule has 1 N–H and O–H groups in total. The van der Waals surface area contributed by atoms with Gasteiger partial charge < -0.3 is 10.0 Å². The summed E-state index contributed by atoms with van der Waals surface area (Å²) in [5.74, 6) is 0. The van der Waals surface area contributed by atoms with Crippen LogP contribution < -0.4 is 0 Å². The normalized spacial score (nSPS) is 16.8. The lowest BCUT2D eigenvalue weighted by molar-refractivity contribution is 0.112. The summed E-state index contributed by atoms with van der Waals surface area (Å²) in [5, 5.41) is 9.87. The minimum atomic E-state index is -0.241. The summed E-state index contributed by atoms with van der Waals surface area (Å²) in [7, 11) is 0. The van der Waals surface area contributed by atoms with Crippen LogP contribution in [0, 0.1) is 0 Å². The van der Waals surface area contributed by atoms with Gasteiger partial charge in [-0.05, 0) is 39.3 Å². The first-order chi connectivity index (χ1) is 8.54. The average molecular weight is 278 g/mol. The van der Waals surface area contributed by atoms with Crippen molar-refractivity contribution in [3.05, 3.63) is 0 Å². The molecule has 0 aromatic heterocycles. The highest BCUT2D eigenvalue weighted by Gasteiger charge is 2.21. The van der Waals surface area contributed by atoms with Crippen LogP contribution in [0.15, 0.2) is 0 Å². The number of unbranched alkanes of at least 4 members (excludes halogenated alkanes) is 2. The first kappa shape index (κ1) is 18.2. The highest BCUT2D eigenvalue weighted by Crippen LogP contribution is 2.20. The van der Waals surface area contributed by atoms with Crippen molar-refractivity contribution in [2.45, 2.75) is 83.7 Å². The maximum Gasteiger partial charge on any atom is 0.0527 e. The Bertz CT molecular complexity index is 183. The van der Waals surface area contributed by atoms with E-state index in [0.29, 0.717) is 6.04 Å². The van der Waals surface area contributed by atoms with Crippen LogP contribution in [0.4, 0.5) is 0 Å². The fourth-order valence-electron chi connectivity index (χ4n) is 2.56. The largest absolute Gasteiger partial charge is 0.393 e. The van der Waals surface area contributed by atoms with Crippen LogP contribution in [0.2, 0.25) is 0 Å². The van der Waals surface area contributed by atoms with Gasteiger partial charge >= 0.3 is 0 Å². The number of hydrogen-bond acceptors (Lipinski definition) is 2. The Labute approximate surface area is 119 Å². The second-order valence-electron chi connectivity index (χ2n) is 5.29. The lowest BCUT2D eigenvalue weighted by atomic mass is 10.00. The Hall–Kier alpha value is 0.210. The Morgan fingerprint density at radius 1 is 1.06 bits per heavy atom. The molecule has 0 radical (unpaired) electrons. The van der Waals surface area contributed by atoms with Crippen molar-refractivity contribution in [2.75, 3.05) is 13.1 Å². The molecule has 0 amide bonds. The molecular weight excluding hydrogens is 246 g/mol. The Morgan fingerprint density at radius 2 is 1.67 bits per heavy atom. The van der Waals surface area contributed by atoms with E-state index in [1.807, 2.05) is 6.92 Å². The van der Waals surface area contributed by atoms with E-state index in [4.69, 9.17) is 11.6 Å². The summed E-state index contributed by atoms with van der Waals surface area (Å²) < 4.78 is 0. The topological polar surface area (TPSA) is 23.5 Å². The molecular formula is C15H32ClNO. The molecule has 3 heteroatoms. The zero-order valence-corrected chi connectivity index (χ0v) is 13.4. The van der Waals surface area contributed by atoms with E-state index in [1.54, 1.807) is 0 Å². The van der Waals surface area contributed by atoms with Crippen molar-refractivity contribution < 1.29 is 5.11 Å². The van der Waals surface area contributed by atoms with Crippen LogP contribution in [0.3, 0.4) is 0 Å². The molecule has 0 fully saturated rings.